The van der Waals surface area contributed by atoms with Crippen LogP contribution in [0.15, 0.2) is 42.5 Å². The number of nitrogens with two attached hydrogens (primary N) is 1. The highest BCUT2D eigenvalue weighted by Gasteiger charge is 2.25. The first-order chi connectivity index (χ1) is 14.5. The minimum Gasteiger partial charge on any atom is -0.497 e. The van der Waals surface area contributed by atoms with Gasteiger partial charge < -0.3 is 20.7 Å². The molecule has 1 fully saturated rings. The van der Waals surface area contributed by atoms with Gasteiger partial charge in [-0.15, -0.1) is 0 Å². The first kappa shape index (κ1) is 21.8. The van der Waals surface area contributed by atoms with Gasteiger partial charge in [0.2, 0.25) is 5.91 Å². The number of amides is 2. The summed E-state index contributed by atoms with van der Waals surface area (Å²) in [5.41, 5.74) is 7.38. The highest BCUT2D eigenvalue weighted by molar-refractivity contribution is 5.95. The van der Waals surface area contributed by atoms with Crippen LogP contribution in [0.4, 0.5) is 4.39 Å². The summed E-state index contributed by atoms with van der Waals surface area (Å²) in [6, 6.07) is 11.9. The number of carbonyl (C=O) groups excluding carboxylic acids is 2. The van der Waals surface area contributed by atoms with Crippen molar-refractivity contribution in [2.45, 2.75) is 38.3 Å². The van der Waals surface area contributed by atoms with Crippen LogP contribution in [0.2, 0.25) is 0 Å². The smallest absolute Gasteiger partial charge is 0.254 e. The van der Waals surface area contributed by atoms with Crippen LogP contribution in [0, 0.1) is 5.82 Å². The highest BCUT2D eigenvalue weighted by Crippen LogP contribution is 2.19. The van der Waals surface area contributed by atoms with Gasteiger partial charge in [0, 0.05) is 25.6 Å². The predicted octanol–water partition coefficient (Wildman–Crippen LogP) is 2.65. The Hall–Kier alpha value is -2.93. The van der Waals surface area contributed by atoms with Crippen LogP contribution in [-0.2, 0) is 17.8 Å². The van der Waals surface area contributed by atoms with Crippen LogP contribution >= 0.6 is 0 Å². The number of nitrogens with zero attached hydrogens (tertiary/aromatic N) is 1. The molecule has 2 aromatic carbocycles. The number of methoxy groups -OCH3 is 1. The van der Waals surface area contributed by atoms with Crippen molar-refractivity contribution in [3.63, 3.8) is 0 Å². The lowest BCUT2D eigenvalue weighted by Crippen LogP contribution is -2.36. The SMILES string of the molecule is COc1cccc(CN2CCC(NC(=O)c3cc(CCN)ccc3F)CCC2=O)c1. The Labute approximate surface area is 176 Å². The summed E-state index contributed by atoms with van der Waals surface area (Å²) in [6.45, 7) is 1.45. The highest BCUT2D eigenvalue weighted by atomic mass is 19.1. The van der Waals surface area contributed by atoms with Crippen molar-refractivity contribution in [3.05, 3.63) is 65.0 Å². The van der Waals surface area contributed by atoms with E-state index in [-0.39, 0.29) is 17.5 Å². The average molecular weight is 413 g/mol. The van der Waals surface area contributed by atoms with Crippen molar-refractivity contribution in [3.8, 4) is 5.75 Å². The lowest BCUT2D eigenvalue weighted by Gasteiger charge is -2.21. The fraction of sp³-hybridized carbons (Fsp3) is 0.391. The van der Waals surface area contributed by atoms with E-state index in [1.54, 1.807) is 24.1 Å². The number of rotatable bonds is 7. The van der Waals surface area contributed by atoms with Crippen LogP contribution in [0.25, 0.3) is 0 Å². The van der Waals surface area contributed by atoms with Crippen molar-refractivity contribution >= 4 is 11.8 Å². The predicted molar refractivity (Wildman–Crippen MR) is 113 cm³/mol. The molecule has 0 spiro atoms. The number of nitrogens with one attached hydrogen (secondary N) is 1. The van der Waals surface area contributed by atoms with Crippen LogP contribution in [0.5, 0.6) is 5.75 Å². The number of benzene rings is 2. The molecule has 1 unspecified atom stereocenters. The van der Waals surface area contributed by atoms with Gasteiger partial charge in [0.25, 0.3) is 5.91 Å². The minimum atomic E-state index is -0.558. The Kier molecular flexibility index (Phi) is 7.41. The van der Waals surface area contributed by atoms with Gasteiger partial charge in [-0.2, -0.15) is 0 Å². The van der Waals surface area contributed by atoms with Crippen molar-refractivity contribution in [1.82, 2.24) is 10.2 Å². The minimum absolute atomic E-state index is 0.0183. The Morgan fingerprint density at radius 2 is 2.07 bits per heavy atom. The molecule has 1 aliphatic heterocycles. The second-order valence-corrected chi connectivity index (χ2v) is 7.52. The molecule has 2 aromatic rings. The summed E-state index contributed by atoms with van der Waals surface area (Å²) in [7, 11) is 1.61. The largest absolute Gasteiger partial charge is 0.497 e. The second-order valence-electron chi connectivity index (χ2n) is 7.52. The zero-order valence-corrected chi connectivity index (χ0v) is 17.2. The van der Waals surface area contributed by atoms with E-state index in [1.807, 2.05) is 24.3 Å². The molecule has 1 saturated heterocycles. The van der Waals surface area contributed by atoms with Crippen LogP contribution in [0.1, 0.15) is 40.7 Å². The molecule has 1 aliphatic rings. The molecule has 0 saturated carbocycles. The van der Waals surface area contributed by atoms with Gasteiger partial charge in [0.1, 0.15) is 11.6 Å². The molecule has 0 aliphatic carbocycles. The Morgan fingerprint density at radius 1 is 1.23 bits per heavy atom. The maximum absolute atomic E-state index is 14.2. The first-order valence-corrected chi connectivity index (χ1v) is 10.2. The number of hydrogen-bond acceptors (Lipinski definition) is 4. The topological polar surface area (TPSA) is 84.7 Å². The number of likely N-dealkylation sites (tertiary alicyclic amines) is 1. The molecule has 1 atom stereocenters. The van der Waals surface area contributed by atoms with E-state index in [2.05, 4.69) is 5.32 Å². The summed E-state index contributed by atoms with van der Waals surface area (Å²) in [6.07, 6.45) is 2.07. The molecule has 3 N–H and O–H groups in total. The van der Waals surface area contributed by atoms with E-state index in [4.69, 9.17) is 10.5 Å². The monoisotopic (exact) mass is 413 g/mol. The molecule has 30 heavy (non-hydrogen) atoms. The summed E-state index contributed by atoms with van der Waals surface area (Å²) in [5, 5.41) is 2.90. The molecular formula is C23H28FN3O3. The molecule has 1 heterocycles. The molecule has 0 bridgehead atoms. The van der Waals surface area contributed by atoms with E-state index >= 15 is 0 Å². The van der Waals surface area contributed by atoms with Crippen molar-refractivity contribution in [2.75, 3.05) is 20.2 Å². The van der Waals surface area contributed by atoms with Crippen molar-refractivity contribution in [1.29, 1.82) is 0 Å². The van der Waals surface area contributed by atoms with Crippen LogP contribution < -0.4 is 15.8 Å². The number of carbonyl (C=O) groups is 2. The lowest BCUT2D eigenvalue weighted by atomic mass is 10.1. The van der Waals surface area contributed by atoms with Crippen molar-refractivity contribution in [2.24, 2.45) is 5.73 Å². The Bertz CT molecular complexity index is 903. The third-order valence-corrected chi connectivity index (χ3v) is 5.36. The molecule has 0 radical (unpaired) electrons. The van der Waals surface area contributed by atoms with Crippen molar-refractivity contribution < 1.29 is 18.7 Å². The van der Waals surface area contributed by atoms with Gasteiger partial charge in [0.15, 0.2) is 0 Å². The Morgan fingerprint density at radius 3 is 2.83 bits per heavy atom. The molecule has 0 aromatic heterocycles. The fourth-order valence-corrected chi connectivity index (χ4v) is 3.67. The maximum Gasteiger partial charge on any atom is 0.254 e. The Balaban J connectivity index is 1.62. The van der Waals surface area contributed by atoms with Gasteiger partial charge >= 0.3 is 0 Å². The standard InChI is InChI=1S/C23H28FN3O3/c1-30-19-4-2-3-17(13-19)15-27-12-10-18(6-8-22(27)28)26-23(29)20-14-16(9-11-25)5-7-21(20)24/h2-5,7,13-14,18H,6,8-12,15,25H2,1H3,(H,26,29). The van der Waals surface area contributed by atoms with E-state index in [0.717, 1.165) is 16.9 Å². The van der Waals surface area contributed by atoms with E-state index in [0.29, 0.717) is 45.3 Å². The number of halogens is 1. The molecule has 160 valence electrons. The molecule has 3 rings (SSSR count). The van der Waals surface area contributed by atoms with Gasteiger partial charge in [-0.1, -0.05) is 18.2 Å². The zero-order valence-electron chi connectivity index (χ0n) is 17.2. The second kappa shape index (κ2) is 10.2. The third-order valence-electron chi connectivity index (χ3n) is 5.36. The quantitative estimate of drug-likeness (QED) is 0.731. The number of hydrogen-bond donors (Lipinski definition) is 2. The summed E-state index contributed by atoms with van der Waals surface area (Å²) < 4.78 is 19.4. The molecule has 7 heteroatoms. The lowest BCUT2D eigenvalue weighted by molar-refractivity contribution is -0.131. The van der Waals surface area contributed by atoms with Gasteiger partial charge in [-0.05, 0) is 61.2 Å². The molecular weight excluding hydrogens is 385 g/mol. The van der Waals surface area contributed by atoms with Gasteiger partial charge in [-0.3, -0.25) is 9.59 Å². The van der Waals surface area contributed by atoms with E-state index < -0.39 is 11.7 Å². The summed E-state index contributed by atoms with van der Waals surface area (Å²) in [5.74, 6) is -0.216. The normalized spacial score (nSPS) is 16.8. The summed E-state index contributed by atoms with van der Waals surface area (Å²) >= 11 is 0. The molecule has 2 amide bonds. The zero-order chi connectivity index (χ0) is 21.5. The number of ether oxygens (including phenoxy) is 1. The van der Waals surface area contributed by atoms with E-state index in [1.165, 1.54) is 6.07 Å². The van der Waals surface area contributed by atoms with Gasteiger partial charge in [0.05, 0.1) is 12.7 Å². The van der Waals surface area contributed by atoms with Gasteiger partial charge in [-0.25, -0.2) is 4.39 Å². The average Bonchev–Trinajstić information content (AvgIpc) is 2.91. The first-order valence-electron chi connectivity index (χ1n) is 10.2. The van der Waals surface area contributed by atoms with Crippen LogP contribution in [0.3, 0.4) is 0 Å². The third kappa shape index (κ3) is 5.57. The maximum atomic E-state index is 14.2. The van der Waals surface area contributed by atoms with E-state index in [9.17, 15) is 14.0 Å². The molecule has 6 nitrogen and oxygen atoms in total. The van der Waals surface area contributed by atoms with Crippen LogP contribution in [-0.4, -0.2) is 43.0 Å². The summed E-state index contributed by atoms with van der Waals surface area (Å²) in [4.78, 5) is 27.0. The fourth-order valence-electron chi connectivity index (χ4n) is 3.67.